The van der Waals surface area contributed by atoms with Gasteiger partial charge < -0.3 is 20.7 Å². The molecule has 1 fully saturated rings. The van der Waals surface area contributed by atoms with Crippen molar-refractivity contribution in [1.82, 2.24) is 9.97 Å². The first-order chi connectivity index (χ1) is 20.7. The minimum absolute atomic E-state index is 0.130. The van der Waals surface area contributed by atoms with Gasteiger partial charge in [-0.25, -0.2) is 19.2 Å². The molecule has 0 atom stereocenters. The van der Waals surface area contributed by atoms with Gasteiger partial charge in [-0.15, -0.1) is 0 Å². The number of ether oxygens (including phenoxy) is 1. The van der Waals surface area contributed by atoms with Crippen LogP contribution in [0, 0.1) is 11.2 Å². The predicted molar refractivity (Wildman–Crippen MR) is 174 cm³/mol. The lowest BCUT2D eigenvalue weighted by molar-refractivity contribution is -0.127. The van der Waals surface area contributed by atoms with E-state index in [1.54, 1.807) is 24.5 Å². The number of carbonyl (C=O) groups excluding carboxylic acids is 2. The third kappa shape index (κ3) is 11.9. The second-order valence-electron chi connectivity index (χ2n) is 9.86. The first-order valence-electron chi connectivity index (χ1n) is 14.3. The molecule has 3 N–H and O–H groups in total. The molecule has 0 unspecified atom stereocenters. The number of hydrogen-bond acceptors (Lipinski definition) is 6. The number of carbonyl (C=O) groups is 2. The number of allylic oxidation sites excluding steroid dienone is 2. The maximum atomic E-state index is 13.1. The van der Waals surface area contributed by atoms with Crippen LogP contribution >= 0.6 is 11.6 Å². The molecule has 0 saturated heterocycles. The lowest BCUT2D eigenvalue weighted by atomic mass is 9.70. The van der Waals surface area contributed by atoms with Crippen LogP contribution in [0.1, 0.15) is 53.9 Å². The van der Waals surface area contributed by atoms with Gasteiger partial charge in [-0.05, 0) is 73.6 Å². The van der Waals surface area contributed by atoms with Crippen molar-refractivity contribution in [2.45, 2.75) is 53.9 Å². The van der Waals surface area contributed by atoms with E-state index in [1.165, 1.54) is 31.4 Å². The number of rotatable bonds is 10. The van der Waals surface area contributed by atoms with E-state index in [0.717, 1.165) is 29.3 Å². The summed E-state index contributed by atoms with van der Waals surface area (Å²) in [4.78, 5) is 30.7. The number of nitrogens with zero attached hydrogens (tertiary/aromatic N) is 2. The van der Waals surface area contributed by atoms with Crippen LogP contribution in [0.3, 0.4) is 0 Å². The van der Waals surface area contributed by atoms with Gasteiger partial charge in [-0.3, -0.25) is 4.79 Å². The minimum atomic E-state index is -0.472. The fourth-order valence-electron chi connectivity index (χ4n) is 4.01. The number of aromatic nitrogens is 2. The van der Waals surface area contributed by atoms with Crippen molar-refractivity contribution in [2.75, 3.05) is 29.1 Å². The van der Waals surface area contributed by atoms with Crippen molar-refractivity contribution in [3.8, 4) is 11.1 Å². The Morgan fingerprint density at radius 3 is 2.26 bits per heavy atom. The summed E-state index contributed by atoms with van der Waals surface area (Å²) in [6.45, 7) is 11.8. The van der Waals surface area contributed by atoms with E-state index in [2.05, 4.69) is 37.6 Å². The average molecular weight is 610 g/mol. The summed E-state index contributed by atoms with van der Waals surface area (Å²) in [7, 11) is 0. The molecule has 0 aliphatic heterocycles. The average Bonchev–Trinajstić information content (AvgIpc) is 3.00. The summed E-state index contributed by atoms with van der Waals surface area (Å²) in [5, 5.41) is 8.76. The van der Waals surface area contributed by atoms with Crippen LogP contribution in [0.25, 0.3) is 11.1 Å². The van der Waals surface area contributed by atoms with E-state index in [4.69, 9.17) is 11.6 Å². The Balaban J connectivity index is 0.000000459. The first-order valence-corrected chi connectivity index (χ1v) is 14.7. The van der Waals surface area contributed by atoms with Gasteiger partial charge in [-0.2, -0.15) is 0 Å². The summed E-state index contributed by atoms with van der Waals surface area (Å²) in [5.74, 6) is 0.165. The number of benzene rings is 2. The third-order valence-electron chi connectivity index (χ3n) is 6.61. The second-order valence-corrected chi connectivity index (χ2v) is 10.3. The van der Waals surface area contributed by atoms with Crippen LogP contribution in [0.15, 0.2) is 78.7 Å². The molecule has 1 aliphatic carbocycles. The van der Waals surface area contributed by atoms with Crippen molar-refractivity contribution in [2.24, 2.45) is 5.41 Å². The highest BCUT2D eigenvalue weighted by Gasteiger charge is 2.31. The van der Waals surface area contributed by atoms with Gasteiger partial charge in [0.1, 0.15) is 12.4 Å². The smallest absolute Gasteiger partial charge is 0.323 e. The maximum absolute atomic E-state index is 13.1. The monoisotopic (exact) mass is 609 g/mol. The van der Waals surface area contributed by atoms with E-state index in [1.807, 2.05) is 58.1 Å². The molecule has 4 rings (SSSR count). The molecule has 0 bridgehead atoms. The zero-order chi connectivity index (χ0) is 31.7. The largest absolute Gasteiger partial charge is 0.463 e. The zero-order valence-electron chi connectivity index (χ0n) is 25.4. The first kappa shape index (κ1) is 35.0. The molecule has 1 aliphatic rings. The fourth-order valence-corrected chi connectivity index (χ4v) is 4.23. The van der Waals surface area contributed by atoms with E-state index in [0.29, 0.717) is 35.8 Å². The van der Waals surface area contributed by atoms with E-state index in [9.17, 15) is 14.0 Å². The van der Waals surface area contributed by atoms with Crippen LogP contribution in [-0.2, 0) is 9.53 Å². The van der Waals surface area contributed by atoms with Crippen molar-refractivity contribution in [3.05, 3.63) is 89.5 Å². The highest BCUT2D eigenvalue weighted by Crippen LogP contribution is 2.40. The number of halogens is 2. The van der Waals surface area contributed by atoms with Crippen LogP contribution < -0.4 is 16.0 Å². The van der Waals surface area contributed by atoms with Crippen molar-refractivity contribution >= 4 is 41.4 Å². The molecule has 2 aromatic carbocycles. The Hall–Kier alpha value is -4.24. The Kier molecular flexibility index (Phi) is 14.9. The molecule has 10 heteroatoms. The number of nitrogens with one attached hydrogen (secondary N) is 3. The summed E-state index contributed by atoms with van der Waals surface area (Å²) in [6.07, 6.45) is 13.1. The maximum Gasteiger partial charge on any atom is 0.323 e. The quantitative estimate of drug-likeness (QED) is 0.157. The predicted octanol–water partition coefficient (Wildman–Crippen LogP) is 8.89. The summed E-state index contributed by atoms with van der Waals surface area (Å²) in [5.41, 5.74) is 4.12. The van der Waals surface area contributed by atoms with E-state index in [-0.39, 0.29) is 5.02 Å². The molecule has 1 heterocycles. The van der Waals surface area contributed by atoms with Gasteiger partial charge in [0.15, 0.2) is 0 Å². The second kappa shape index (κ2) is 18.3. The minimum Gasteiger partial charge on any atom is -0.463 e. The molecular weight excluding hydrogens is 569 g/mol. The lowest BCUT2D eigenvalue weighted by Crippen LogP contribution is -2.33. The van der Waals surface area contributed by atoms with Crippen LogP contribution in [0.4, 0.5) is 26.5 Å². The Morgan fingerprint density at radius 2 is 1.72 bits per heavy atom. The van der Waals surface area contributed by atoms with Gasteiger partial charge in [0.25, 0.3) is 6.47 Å². The fraction of sp³-hybridized carbons (Fsp3) is 0.333. The Labute approximate surface area is 258 Å². The highest BCUT2D eigenvalue weighted by molar-refractivity contribution is 6.33. The summed E-state index contributed by atoms with van der Waals surface area (Å²) < 4.78 is 17.6. The molecule has 230 valence electrons. The van der Waals surface area contributed by atoms with Gasteiger partial charge >= 0.3 is 6.03 Å². The molecule has 1 saturated carbocycles. The van der Waals surface area contributed by atoms with Crippen LogP contribution in [0.5, 0.6) is 0 Å². The summed E-state index contributed by atoms with van der Waals surface area (Å²) in [6, 6.07) is 10.6. The highest BCUT2D eigenvalue weighted by atomic mass is 35.5. The SMILES string of the molecule is C/C=C\C(=C/C)COC=O.CC.CC1(CNc2ncc(-c3ccc(NC(=O)Nc4ccc(F)cc4Cl)cc3)cn2)CCC1. The van der Waals surface area contributed by atoms with Gasteiger partial charge in [0.05, 0.1) is 10.7 Å². The number of anilines is 3. The third-order valence-corrected chi connectivity index (χ3v) is 6.92. The van der Waals surface area contributed by atoms with Crippen molar-refractivity contribution in [1.29, 1.82) is 0 Å². The van der Waals surface area contributed by atoms with Crippen molar-refractivity contribution in [3.63, 3.8) is 0 Å². The number of hydrogen-bond donors (Lipinski definition) is 3. The van der Waals surface area contributed by atoms with Crippen molar-refractivity contribution < 1.29 is 18.7 Å². The van der Waals surface area contributed by atoms with Gasteiger partial charge in [-0.1, -0.05) is 69.2 Å². The van der Waals surface area contributed by atoms with Crippen LogP contribution in [-0.4, -0.2) is 35.6 Å². The Bertz CT molecular complexity index is 1360. The molecule has 2 amide bonds. The molecular formula is C33H41ClFN5O3. The van der Waals surface area contributed by atoms with E-state index >= 15 is 0 Å². The normalized spacial score (nSPS) is 13.3. The topological polar surface area (TPSA) is 105 Å². The number of amides is 2. The van der Waals surface area contributed by atoms with Gasteiger partial charge in [0.2, 0.25) is 5.95 Å². The van der Waals surface area contributed by atoms with Crippen LogP contribution in [0.2, 0.25) is 5.02 Å². The number of urea groups is 1. The van der Waals surface area contributed by atoms with Gasteiger partial charge in [0, 0.05) is 30.2 Å². The zero-order valence-corrected chi connectivity index (χ0v) is 26.2. The Morgan fingerprint density at radius 1 is 1.05 bits per heavy atom. The summed E-state index contributed by atoms with van der Waals surface area (Å²) >= 11 is 5.93. The van der Waals surface area contributed by atoms with E-state index < -0.39 is 11.8 Å². The molecule has 0 spiro atoms. The standard InChI is InChI=1S/C23H23ClFN5O.C8H12O2.C2H6/c1-23(9-2-10-23)14-28-21-26-12-16(13-27-21)15-3-6-18(7-4-15)29-22(31)30-20-8-5-17(25)11-19(20)24;1-3-5-8(4-2)6-10-7-9;1-2/h3-8,11-13H,2,9-10,14H2,1H3,(H,26,27,28)(H2,29,30,31);3-5,7H,6H2,1-2H3;1-2H3/b;5-3-,8-4+;. The molecule has 8 nitrogen and oxygen atoms in total. The molecule has 1 aromatic heterocycles. The molecule has 3 aromatic rings. The lowest BCUT2D eigenvalue weighted by Gasteiger charge is -2.38. The molecule has 0 radical (unpaired) electrons. The molecule has 43 heavy (non-hydrogen) atoms.